The lowest BCUT2D eigenvalue weighted by Crippen LogP contribution is -2.11. The number of anilines is 1. The van der Waals surface area contributed by atoms with E-state index in [1.807, 2.05) is 13.2 Å². The van der Waals surface area contributed by atoms with Crippen LogP contribution in [-0.2, 0) is 25.3 Å². The van der Waals surface area contributed by atoms with Crippen molar-refractivity contribution in [3.8, 4) is 0 Å². The molecule has 2 heterocycles. The van der Waals surface area contributed by atoms with Gasteiger partial charge >= 0.3 is 5.97 Å². The van der Waals surface area contributed by atoms with Crippen molar-refractivity contribution in [1.82, 2.24) is 14.3 Å². The Hall–Kier alpha value is -2.24. The van der Waals surface area contributed by atoms with E-state index in [9.17, 15) is 4.79 Å². The normalized spacial score (nSPS) is 10.6. The molecule has 2 aromatic rings. The van der Waals surface area contributed by atoms with Crippen molar-refractivity contribution in [2.24, 2.45) is 14.1 Å². The molecule has 18 heavy (non-hydrogen) atoms. The summed E-state index contributed by atoms with van der Waals surface area (Å²) >= 11 is 0. The quantitative estimate of drug-likeness (QED) is 0.810. The van der Waals surface area contributed by atoms with Crippen LogP contribution in [0, 0.1) is 0 Å². The Morgan fingerprint density at radius 1 is 1.44 bits per heavy atom. The molecule has 0 fully saturated rings. The Bertz CT molecular complexity index is 556. The first-order chi connectivity index (χ1) is 8.56. The van der Waals surface area contributed by atoms with Crippen molar-refractivity contribution >= 4 is 11.7 Å². The maximum atomic E-state index is 11.8. The maximum Gasteiger partial charge on any atom is 0.355 e. The predicted octanol–water partition coefficient (Wildman–Crippen LogP) is 0.740. The number of ether oxygens (including phenoxy) is 1. The van der Waals surface area contributed by atoms with Gasteiger partial charge in [-0.05, 0) is 11.6 Å². The number of rotatable bonds is 4. The Morgan fingerprint density at radius 2 is 2.22 bits per heavy atom. The van der Waals surface area contributed by atoms with Gasteiger partial charge in [0.15, 0.2) is 0 Å². The Morgan fingerprint density at radius 3 is 2.78 bits per heavy atom. The third kappa shape index (κ3) is 2.71. The number of nitrogens with two attached hydrogens (primary N) is 1. The third-order valence-corrected chi connectivity index (χ3v) is 2.62. The van der Waals surface area contributed by atoms with E-state index in [4.69, 9.17) is 10.5 Å². The summed E-state index contributed by atoms with van der Waals surface area (Å²) in [6.07, 6.45) is 5.99. The molecule has 2 N–H and O–H groups in total. The van der Waals surface area contributed by atoms with Crippen LogP contribution in [0.1, 0.15) is 16.1 Å². The fraction of sp³-hybridized carbons (Fsp3) is 0.333. The second kappa shape index (κ2) is 4.95. The van der Waals surface area contributed by atoms with Crippen molar-refractivity contribution in [3.63, 3.8) is 0 Å². The van der Waals surface area contributed by atoms with Crippen LogP contribution < -0.4 is 5.73 Å². The van der Waals surface area contributed by atoms with E-state index in [2.05, 4.69) is 5.10 Å². The lowest BCUT2D eigenvalue weighted by molar-refractivity contribution is 0.0498. The molecule has 0 aliphatic carbocycles. The van der Waals surface area contributed by atoms with Gasteiger partial charge in [-0.2, -0.15) is 5.10 Å². The van der Waals surface area contributed by atoms with Gasteiger partial charge in [0.2, 0.25) is 0 Å². The van der Waals surface area contributed by atoms with Crippen molar-refractivity contribution in [1.29, 1.82) is 0 Å². The molecule has 2 aromatic heterocycles. The number of carbonyl (C=O) groups excluding carboxylic acids is 1. The van der Waals surface area contributed by atoms with Gasteiger partial charge in [-0.25, -0.2) is 4.79 Å². The molecule has 2 rings (SSSR count). The van der Waals surface area contributed by atoms with E-state index >= 15 is 0 Å². The van der Waals surface area contributed by atoms with Crippen molar-refractivity contribution in [2.75, 3.05) is 12.3 Å². The highest BCUT2D eigenvalue weighted by Gasteiger charge is 2.12. The highest BCUT2D eigenvalue weighted by molar-refractivity contribution is 5.89. The Balaban J connectivity index is 1.87. The average Bonchev–Trinajstić information content (AvgIpc) is 2.85. The number of hydrogen-bond donors (Lipinski definition) is 1. The molecule has 96 valence electrons. The molecule has 0 aliphatic rings. The molecule has 0 unspecified atom stereocenters. The number of carbonyl (C=O) groups is 1. The average molecular weight is 248 g/mol. The highest BCUT2D eigenvalue weighted by Crippen LogP contribution is 2.10. The largest absolute Gasteiger partial charge is 0.461 e. The van der Waals surface area contributed by atoms with Crippen LogP contribution in [0.15, 0.2) is 24.7 Å². The second-order valence-corrected chi connectivity index (χ2v) is 4.18. The molecule has 0 atom stereocenters. The van der Waals surface area contributed by atoms with Gasteiger partial charge in [0.25, 0.3) is 0 Å². The van der Waals surface area contributed by atoms with Crippen molar-refractivity contribution in [2.45, 2.75) is 6.42 Å². The monoisotopic (exact) mass is 248 g/mol. The number of hydrogen-bond acceptors (Lipinski definition) is 4. The predicted molar refractivity (Wildman–Crippen MR) is 67.0 cm³/mol. The minimum atomic E-state index is -0.363. The maximum absolute atomic E-state index is 11.8. The molecular weight excluding hydrogens is 232 g/mol. The molecular formula is C12H16N4O2. The topological polar surface area (TPSA) is 75.1 Å². The summed E-state index contributed by atoms with van der Waals surface area (Å²) in [4.78, 5) is 11.8. The molecule has 0 saturated carbocycles. The molecule has 0 bridgehead atoms. The molecule has 0 spiro atoms. The minimum Gasteiger partial charge on any atom is -0.461 e. The highest BCUT2D eigenvalue weighted by atomic mass is 16.5. The summed E-state index contributed by atoms with van der Waals surface area (Å²) in [5, 5.41) is 4.05. The lowest BCUT2D eigenvalue weighted by Gasteiger charge is -2.04. The number of nitrogen functional groups attached to an aromatic ring is 1. The summed E-state index contributed by atoms with van der Waals surface area (Å²) in [5.74, 6) is -0.363. The zero-order valence-electron chi connectivity index (χ0n) is 10.5. The Kier molecular flexibility index (Phi) is 3.36. The van der Waals surface area contributed by atoms with Gasteiger partial charge in [0, 0.05) is 32.9 Å². The van der Waals surface area contributed by atoms with E-state index in [0.717, 1.165) is 5.56 Å². The third-order valence-electron chi connectivity index (χ3n) is 2.62. The summed E-state index contributed by atoms with van der Waals surface area (Å²) in [5.41, 5.74) is 7.65. The summed E-state index contributed by atoms with van der Waals surface area (Å²) in [6.45, 7) is 0.329. The van der Waals surface area contributed by atoms with E-state index < -0.39 is 0 Å². The van der Waals surface area contributed by atoms with Gasteiger partial charge in [0.05, 0.1) is 18.5 Å². The molecule has 0 aliphatic heterocycles. The van der Waals surface area contributed by atoms with Gasteiger partial charge in [-0.1, -0.05) is 0 Å². The van der Waals surface area contributed by atoms with Crippen LogP contribution in [-0.4, -0.2) is 26.9 Å². The van der Waals surface area contributed by atoms with Crippen LogP contribution >= 0.6 is 0 Å². The first-order valence-corrected chi connectivity index (χ1v) is 5.63. The van der Waals surface area contributed by atoms with Crippen LogP contribution in [0.4, 0.5) is 5.69 Å². The first-order valence-electron chi connectivity index (χ1n) is 5.63. The van der Waals surface area contributed by atoms with Crippen LogP contribution in [0.5, 0.6) is 0 Å². The molecule has 0 saturated heterocycles. The fourth-order valence-electron chi connectivity index (χ4n) is 1.73. The van der Waals surface area contributed by atoms with Crippen LogP contribution in [0.3, 0.4) is 0 Å². The Labute approximate surface area is 105 Å². The summed E-state index contributed by atoms with van der Waals surface area (Å²) < 4.78 is 8.55. The van der Waals surface area contributed by atoms with Crippen molar-refractivity contribution < 1.29 is 9.53 Å². The molecule has 6 heteroatoms. The van der Waals surface area contributed by atoms with Gasteiger partial charge in [0.1, 0.15) is 5.69 Å². The van der Waals surface area contributed by atoms with Crippen LogP contribution in [0.25, 0.3) is 0 Å². The zero-order chi connectivity index (χ0) is 13.1. The van der Waals surface area contributed by atoms with Gasteiger partial charge in [-0.15, -0.1) is 0 Å². The van der Waals surface area contributed by atoms with E-state index in [0.29, 0.717) is 24.4 Å². The second-order valence-electron chi connectivity index (χ2n) is 4.18. The summed E-state index contributed by atoms with van der Waals surface area (Å²) in [7, 11) is 3.61. The van der Waals surface area contributed by atoms with Crippen molar-refractivity contribution in [3.05, 3.63) is 35.9 Å². The number of aromatic nitrogens is 3. The fourth-order valence-corrected chi connectivity index (χ4v) is 1.73. The minimum absolute atomic E-state index is 0.329. The molecule has 0 radical (unpaired) electrons. The lowest BCUT2D eigenvalue weighted by atomic mass is 10.3. The smallest absolute Gasteiger partial charge is 0.355 e. The summed E-state index contributed by atoms with van der Waals surface area (Å²) in [6, 6.07) is 1.60. The van der Waals surface area contributed by atoms with Gasteiger partial charge in [-0.3, -0.25) is 4.68 Å². The van der Waals surface area contributed by atoms with E-state index in [1.165, 1.54) is 0 Å². The molecule has 0 aromatic carbocycles. The molecule has 6 nitrogen and oxygen atoms in total. The van der Waals surface area contributed by atoms with Crippen LogP contribution in [0.2, 0.25) is 0 Å². The standard InChI is InChI=1S/C12H16N4O2/c1-15-8-10(13)5-11(15)12(17)18-4-3-9-6-14-16(2)7-9/h5-8H,3-4,13H2,1-2H3. The van der Waals surface area contributed by atoms with E-state index in [-0.39, 0.29) is 5.97 Å². The number of esters is 1. The molecule has 0 amide bonds. The zero-order valence-corrected chi connectivity index (χ0v) is 10.5. The van der Waals surface area contributed by atoms with E-state index in [1.54, 1.807) is 34.8 Å². The number of nitrogens with zero attached hydrogens (tertiary/aromatic N) is 3. The first kappa shape index (κ1) is 12.2. The number of aryl methyl sites for hydroxylation is 2. The van der Waals surface area contributed by atoms with Gasteiger partial charge < -0.3 is 15.0 Å². The SMILES string of the molecule is Cn1cc(CCOC(=O)c2cc(N)cn2C)cn1.